The third-order valence-corrected chi connectivity index (χ3v) is 7.80. The number of rotatable bonds is 4. The lowest BCUT2D eigenvalue weighted by atomic mass is 9.84. The van der Waals surface area contributed by atoms with Crippen LogP contribution in [0.15, 0.2) is 12.1 Å². The van der Waals surface area contributed by atoms with Crippen molar-refractivity contribution < 1.29 is 29.4 Å². The summed E-state index contributed by atoms with van der Waals surface area (Å²) in [5, 5.41) is 54.0. The second-order valence-electron chi connectivity index (χ2n) is 10.3. The van der Waals surface area contributed by atoms with Gasteiger partial charge in [0.1, 0.15) is 33.7 Å². The normalized spacial score (nSPS) is 23.2. The van der Waals surface area contributed by atoms with E-state index in [0.29, 0.717) is 19.6 Å². The third-order valence-electron chi connectivity index (χ3n) is 7.80. The van der Waals surface area contributed by atoms with E-state index >= 15 is 0 Å². The van der Waals surface area contributed by atoms with E-state index in [1.807, 2.05) is 0 Å². The molecule has 0 fully saturated rings. The van der Waals surface area contributed by atoms with Gasteiger partial charge in [-0.3, -0.25) is 9.48 Å². The largest absolute Gasteiger partial charge is 0.714 e. The van der Waals surface area contributed by atoms with Gasteiger partial charge in [-0.2, -0.15) is 0 Å². The summed E-state index contributed by atoms with van der Waals surface area (Å²) in [6, 6.07) is 2.92. The Balaban J connectivity index is 2.30. The molecule has 0 amide bonds. The number of ether oxygens (including phenoxy) is 2. The molecular formula is C22H32N4O6. The fourth-order valence-corrected chi connectivity index (χ4v) is 3.90. The average Bonchev–Trinajstić information content (AvgIpc) is 2.91. The number of amidine groups is 2. The van der Waals surface area contributed by atoms with Crippen LogP contribution in [0.4, 0.5) is 0 Å². The highest BCUT2D eigenvalue weighted by Gasteiger charge is 2.62. The van der Waals surface area contributed by atoms with E-state index in [9.17, 15) is 20.8 Å². The lowest BCUT2D eigenvalue weighted by Crippen LogP contribution is -2.53. The summed E-state index contributed by atoms with van der Waals surface area (Å²) in [6.45, 7) is 13.5. The second kappa shape index (κ2) is 6.89. The Labute approximate surface area is 188 Å². The van der Waals surface area contributed by atoms with Gasteiger partial charge in [-0.05, 0) is 55.4 Å². The lowest BCUT2D eigenvalue weighted by molar-refractivity contribution is -0.540. The predicted molar refractivity (Wildman–Crippen MR) is 116 cm³/mol. The molecule has 0 saturated carbocycles. The van der Waals surface area contributed by atoms with E-state index in [0.717, 1.165) is 0 Å². The molecule has 2 heterocycles. The maximum absolute atomic E-state index is 13.2. The van der Waals surface area contributed by atoms with E-state index in [1.165, 1.54) is 26.4 Å². The van der Waals surface area contributed by atoms with Crippen LogP contribution >= 0.6 is 0 Å². The van der Waals surface area contributed by atoms with Crippen LogP contribution in [0.5, 0.6) is 11.5 Å². The maximum Gasteiger partial charge on any atom is 0.320 e. The van der Waals surface area contributed by atoms with E-state index in [1.54, 1.807) is 55.4 Å². The van der Waals surface area contributed by atoms with Crippen LogP contribution in [0.1, 0.15) is 66.5 Å². The molecule has 0 bridgehead atoms. The van der Waals surface area contributed by atoms with E-state index in [4.69, 9.17) is 9.47 Å². The first-order chi connectivity index (χ1) is 14.5. The van der Waals surface area contributed by atoms with Crippen molar-refractivity contribution in [2.45, 2.75) is 77.5 Å². The van der Waals surface area contributed by atoms with Crippen molar-refractivity contribution in [3.05, 3.63) is 33.7 Å². The van der Waals surface area contributed by atoms with Crippen molar-refractivity contribution >= 4 is 11.7 Å². The molecule has 0 spiro atoms. The number of hydroxylamine groups is 6. The minimum absolute atomic E-state index is 0.128. The number of benzene rings is 1. The van der Waals surface area contributed by atoms with Gasteiger partial charge >= 0.3 is 11.7 Å². The van der Waals surface area contributed by atoms with Crippen molar-refractivity contribution in [2.75, 3.05) is 14.2 Å². The van der Waals surface area contributed by atoms with Crippen LogP contribution in [0.3, 0.4) is 0 Å². The molecule has 176 valence electrons. The first-order valence-electron chi connectivity index (χ1n) is 10.4. The molecule has 3 rings (SSSR count). The fraction of sp³-hybridized carbons (Fsp3) is 0.636. The Morgan fingerprint density at radius 2 is 0.969 bits per heavy atom. The average molecular weight is 449 g/mol. The monoisotopic (exact) mass is 448 g/mol. The maximum atomic E-state index is 13.2. The van der Waals surface area contributed by atoms with Gasteiger partial charge in [-0.1, -0.05) is 10.1 Å². The van der Waals surface area contributed by atoms with Crippen molar-refractivity contribution in [3.63, 3.8) is 0 Å². The molecule has 2 aliphatic rings. The van der Waals surface area contributed by atoms with Crippen molar-refractivity contribution in [3.8, 4) is 11.5 Å². The Kier molecular flexibility index (Phi) is 5.15. The highest BCUT2D eigenvalue weighted by molar-refractivity contribution is 6.04. The van der Waals surface area contributed by atoms with Crippen molar-refractivity contribution in [1.82, 2.24) is 10.1 Å². The molecule has 2 radical (unpaired) electrons. The standard InChI is InChI=1S/C22H32N4O6/c1-19(2)20(3,4)24(28)17(23(19)27)13-11-16(32-10)14(12-15(13)31-9)18-25(29)21(5,6)22(7,8)26(18)30/h11-12H,1-10H3. The zero-order valence-corrected chi connectivity index (χ0v) is 20.4. The van der Waals surface area contributed by atoms with Gasteiger partial charge in [-0.25, -0.2) is 0 Å². The van der Waals surface area contributed by atoms with Gasteiger partial charge in [0.25, 0.3) is 0 Å². The summed E-state index contributed by atoms with van der Waals surface area (Å²) >= 11 is 0. The van der Waals surface area contributed by atoms with Crippen molar-refractivity contribution in [1.29, 1.82) is 0 Å². The minimum atomic E-state index is -1.02. The zero-order valence-electron chi connectivity index (χ0n) is 20.4. The zero-order chi connectivity index (χ0) is 24.6. The highest BCUT2D eigenvalue weighted by atomic mass is 16.5. The molecule has 1 aromatic rings. The predicted octanol–water partition coefficient (Wildman–Crippen LogP) is 2.65. The number of methoxy groups -OCH3 is 2. The van der Waals surface area contributed by atoms with Crippen LogP contribution in [0.25, 0.3) is 0 Å². The van der Waals surface area contributed by atoms with Gasteiger partial charge in [0, 0.05) is 22.5 Å². The van der Waals surface area contributed by atoms with Gasteiger partial charge in [-0.15, -0.1) is 0 Å². The molecule has 10 nitrogen and oxygen atoms in total. The summed E-state index contributed by atoms with van der Waals surface area (Å²) in [4.78, 5) is 0. The van der Waals surface area contributed by atoms with Crippen LogP contribution in [-0.2, 0) is 10.4 Å². The van der Waals surface area contributed by atoms with E-state index in [2.05, 4.69) is 0 Å². The van der Waals surface area contributed by atoms with Crippen LogP contribution in [0, 0.1) is 10.4 Å². The van der Waals surface area contributed by atoms with Crippen molar-refractivity contribution in [2.24, 2.45) is 0 Å². The molecule has 0 aliphatic carbocycles. The SMILES string of the molecule is COc1cc(C2=[N+]([O-])C(C)(C)C(C)(C)N2[O])c(OC)cc1C1=[N+]([O-])C(C)(C)C(C)(C)N1[O]. The second-order valence-corrected chi connectivity index (χ2v) is 10.3. The molecule has 0 aromatic heterocycles. The highest BCUT2D eigenvalue weighted by Crippen LogP contribution is 2.43. The number of nitrogens with zero attached hydrogens (tertiary/aromatic N) is 4. The summed E-state index contributed by atoms with van der Waals surface area (Å²) in [7, 11) is 2.78. The molecule has 32 heavy (non-hydrogen) atoms. The van der Waals surface area contributed by atoms with E-state index in [-0.39, 0.29) is 34.3 Å². The van der Waals surface area contributed by atoms with Gasteiger partial charge in [0.15, 0.2) is 11.1 Å². The molecule has 2 aliphatic heterocycles. The molecule has 0 atom stereocenters. The molecule has 10 heteroatoms. The summed E-state index contributed by atoms with van der Waals surface area (Å²) < 4.78 is 12.4. The first-order valence-corrected chi connectivity index (χ1v) is 10.4. The molecular weight excluding hydrogens is 416 g/mol. The number of hydrogen-bond acceptors (Lipinski definition) is 6. The van der Waals surface area contributed by atoms with Crippen LogP contribution in [-0.4, -0.2) is 67.7 Å². The Morgan fingerprint density at radius 1 is 0.688 bits per heavy atom. The van der Waals surface area contributed by atoms with Gasteiger partial charge in [0.05, 0.1) is 14.2 Å². The first kappa shape index (κ1) is 23.9. The van der Waals surface area contributed by atoms with Crippen LogP contribution < -0.4 is 9.47 Å². The summed E-state index contributed by atoms with van der Waals surface area (Å²) in [5.41, 5.74) is -3.66. The summed E-state index contributed by atoms with van der Waals surface area (Å²) in [6.07, 6.45) is 0. The smallest absolute Gasteiger partial charge is 0.320 e. The van der Waals surface area contributed by atoms with E-state index < -0.39 is 22.2 Å². The topological polar surface area (TPSA) is 117 Å². The Hall–Kier alpha value is -2.72. The molecule has 1 aromatic carbocycles. The molecule has 0 N–H and O–H groups in total. The molecule has 0 unspecified atom stereocenters. The van der Waals surface area contributed by atoms with Gasteiger partial charge < -0.3 is 19.9 Å². The third kappa shape index (κ3) is 2.72. The Bertz CT molecular complexity index is 944. The fourth-order valence-electron chi connectivity index (χ4n) is 3.90. The van der Waals surface area contributed by atoms with Crippen LogP contribution in [0.2, 0.25) is 0 Å². The quantitative estimate of drug-likeness (QED) is 0.516. The molecule has 0 saturated heterocycles. The minimum Gasteiger partial charge on any atom is -0.714 e. The summed E-state index contributed by atoms with van der Waals surface area (Å²) in [5.74, 6) is 0.0825. The Morgan fingerprint density at radius 3 is 1.16 bits per heavy atom. The van der Waals surface area contributed by atoms with Gasteiger partial charge in [0.2, 0.25) is 0 Å². The lowest BCUT2D eigenvalue weighted by Gasteiger charge is -2.32. The number of hydrogen-bond donors (Lipinski definition) is 0.